The van der Waals surface area contributed by atoms with Crippen LogP contribution in [0, 0.1) is 17.1 Å². The van der Waals surface area contributed by atoms with Gasteiger partial charge in [-0.1, -0.05) is 17.7 Å². The topological polar surface area (TPSA) is 67.6 Å². The lowest BCUT2D eigenvalue weighted by Gasteiger charge is -2.07. The normalized spacial score (nSPS) is 10.2. The molecule has 0 fully saturated rings. The van der Waals surface area contributed by atoms with Gasteiger partial charge in [0.1, 0.15) is 17.3 Å². The van der Waals surface area contributed by atoms with Crippen molar-refractivity contribution in [3.05, 3.63) is 40.8 Å². The van der Waals surface area contributed by atoms with Gasteiger partial charge in [-0.3, -0.25) is 0 Å². The fourth-order valence-electron chi connectivity index (χ4n) is 1.48. The molecular weight excluding hydrogens is 243 g/mol. The molecule has 0 unspecified atom stereocenters. The van der Waals surface area contributed by atoms with Crippen LogP contribution in [0.4, 0.5) is 10.2 Å². The molecule has 1 aromatic carbocycles. The number of nitrogens with zero attached hydrogens (tertiary/aromatic N) is 3. The molecule has 0 radical (unpaired) electrons. The van der Waals surface area contributed by atoms with Crippen molar-refractivity contribution in [2.24, 2.45) is 0 Å². The molecule has 2 N–H and O–H groups in total. The van der Waals surface area contributed by atoms with E-state index in [1.807, 2.05) is 6.07 Å². The first-order valence-electron chi connectivity index (χ1n) is 4.79. The molecule has 0 spiro atoms. The van der Waals surface area contributed by atoms with Gasteiger partial charge < -0.3 is 5.73 Å². The van der Waals surface area contributed by atoms with E-state index in [4.69, 9.17) is 22.6 Å². The minimum absolute atomic E-state index is 0.0934. The molecule has 0 aliphatic heterocycles. The van der Waals surface area contributed by atoms with E-state index in [2.05, 4.69) is 5.10 Å². The van der Waals surface area contributed by atoms with Gasteiger partial charge in [-0.15, -0.1) is 0 Å². The van der Waals surface area contributed by atoms with E-state index >= 15 is 0 Å². The van der Waals surface area contributed by atoms with Gasteiger partial charge in [-0.2, -0.15) is 10.4 Å². The predicted molar refractivity (Wildman–Crippen MR) is 62.3 cm³/mol. The summed E-state index contributed by atoms with van der Waals surface area (Å²) in [6, 6.07) is 6.27. The summed E-state index contributed by atoms with van der Waals surface area (Å²) in [6.07, 6.45) is 1.55. The van der Waals surface area contributed by atoms with E-state index < -0.39 is 5.82 Å². The minimum atomic E-state index is -0.518. The van der Waals surface area contributed by atoms with Crippen LogP contribution in [0.5, 0.6) is 0 Å². The minimum Gasteiger partial charge on any atom is -0.383 e. The predicted octanol–water partition coefficient (Wildman–Crippen LogP) is 2.31. The lowest BCUT2D eigenvalue weighted by atomic mass is 10.2. The van der Waals surface area contributed by atoms with Crippen molar-refractivity contribution in [3.63, 3.8) is 0 Å². The molecule has 0 aliphatic rings. The number of benzene rings is 1. The first kappa shape index (κ1) is 11.4. The number of nitriles is 1. The Morgan fingerprint density at radius 2 is 2.29 bits per heavy atom. The zero-order valence-electron chi connectivity index (χ0n) is 8.69. The van der Waals surface area contributed by atoms with E-state index in [-0.39, 0.29) is 22.9 Å². The van der Waals surface area contributed by atoms with Crippen LogP contribution in [-0.4, -0.2) is 9.78 Å². The maximum absolute atomic E-state index is 13.6. The summed E-state index contributed by atoms with van der Waals surface area (Å²) in [5.41, 5.74) is 6.42. The number of hydrogen-bond donors (Lipinski definition) is 1. The van der Waals surface area contributed by atoms with Crippen molar-refractivity contribution in [2.45, 2.75) is 6.42 Å². The Labute approximate surface area is 102 Å². The molecule has 4 nitrogen and oxygen atoms in total. The third-order valence-electron chi connectivity index (χ3n) is 2.31. The van der Waals surface area contributed by atoms with Crippen molar-refractivity contribution >= 4 is 17.4 Å². The number of para-hydroxylation sites is 1. The Balaban J connectivity index is 2.58. The van der Waals surface area contributed by atoms with E-state index in [1.54, 1.807) is 6.07 Å². The van der Waals surface area contributed by atoms with E-state index in [0.29, 0.717) is 5.56 Å². The van der Waals surface area contributed by atoms with Gasteiger partial charge >= 0.3 is 0 Å². The summed E-state index contributed by atoms with van der Waals surface area (Å²) < 4.78 is 14.8. The Kier molecular flexibility index (Phi) is 2.98. The quantitative estimate of drug-likeness (QED) is 0.889. The largest absolute Gasteiger partial charge is 0.383 e. The lowest BCUT2D eigenvalue weighted by molar-refractivity contribution is 0.612. The molecule has 1 aromatic heterocycles. The number of nitrogen functional groups attached to an aromatic ring is 1. The molecule has 2 aromatic rings. The van der Waals surface area contributed by atoms with Crippen LogP contribution in [0.1, 0.15) is 5.56 Å². The highest BCUT2D eigenvalue weighted by Gasteiger charge is 2.15. The molecule has 0 amide bonds. The first-order chi connectivity index (χ1) is 8.15. The second kappa shape index (κ2) is 4.44. The molecule has 0 saturated heterocycles. The lowest BCUT2D eigenvalue weighted by Crippen LogP contribution is -2.05. The summed E-state index contributed by atoms with van der Waals surface area (Å²) in [4.78, 5) is 0. The van der Waals surface area contributed by atoms with Crippen molar-refractivity contribution in [2.75, 3.05) is 5.73 Å². The summed E-state index contributed by atoms with van der Waals surface area (Å²) in [7, 11) is 0. The molecule has 0 saturated carbocycles. The van der Waals surface area contributed by atoms with Gasteiger partial charge in [0.15, 0.2) is 0 Å². The SMILES string of the molecule is N#CCc1cnn(-c2c(F)cccc2Cl)c1N. The molecule has 1 heterocycles. The average Bonchev–Trinajstić information content (AvgIpc) is 2.62. The molecule has 6 heteroatoms. The second-order valence-electron chi connectivity index (χ2n) is 3.37. The van der Waals surface area contributed by atoms with Crippen LogP contribution < -0.4 is 5.73 Å². The maximum atomic E-state index is 13.6. The summed E-state index contributed by atoms with van der Waals surface area (Å²) in [5.74, 6) is -0.297. The van der Waals surface area contributed by atoms with E-state index in [1.165, 1.54) is 23.0 Å². The Morgan fingerprint density at radius 1 is 1.53 bits per heavy atom. The van der Waals surface area contributed by atoms with Crippen LogP contribution in [-0.2, 0) is 6.42 Å². The van der Waals surface area contributed by atoms with E-state index in [0.717, 1.165) is 0 Å². The highest BCUT2D eigenvalue weighted by Crippen LogP contribution is 2.26. The summed E-state index contributed by atoms with van der Waals surface area (Å²) >= 11 is 5.90. The van der Waals surface area contributed by atoms with E-state index in [9.17, 15) is 4.39 Å². The van der Waals surface area contributed by atoms with Gasteiger partial charge in [0.05, 0.1) is 23.7 Å². The zero-order valence-corrected chi connectivity index (χ0v) is 9.45. The van der Waals surface area contributed by atoms with Gasteiger partial charge in [-0.25, -0.2) is 9.07 Å². The zero-order chi connectivity index (χ0) is 12.4. The van der Waals surface area contributed by atoms with Crippen LogP contribution in [0.25, 0.3) is 5.69 Å². The van der Waals surface area contributed by atoms with Gasteiger partial charge in [0.25, 0.3) is 0 Å². The second-order valence-corrected chi connectivity index (χ2v) is 3.78. The van der Waals surface area contributed by atoms with Crippen molar-refractivity contribution in [1.82, 2.24) is 9.78 Å². The van der Waals surface area contributed by atoms with Crippen molar-refractivity contribution < 1.29 is 4.39 Å². The van der Waals surface area contributed by atoms with Crippen LogP contribution in [0.15, 0.2) is 24.4 Å². The number of anilines is 1. The number of halogens is 2. The Morgan fingerprint density at radius 3 is 2.94 bits per heavy atom. The summed E-state index contributed by atoms with van der Waals surface area (Å²) in [5, 5.41) is 12.7. The molecular formula is C11H8ClFN4. The smallest absolute Gasteiger partial charge is 0.150 e. The third-order valence-corrected chi connectivity index (χ3v) is 2.61. The number of hydrogen-bond acceptors (Lipinski definition) is 3. The molecule has 0 atom stereocenters. The standard InChI is InChI=1S/C11H8ClFN4/c12-8-2-1-3-9(13)10(8)17-11(15)7(4-5-14)6-16-17/h1-3,6H,4,15H2. The molecule has 0 bridgehead atoms. The van der Waals surface area contributed by atoms with Gasteiger partial charge in [0.2, 0.25) is 0 Å². The van der Waals surface area contributed by atoms with Crippen LogP contribution >= 0.6 is 11.6 Å². The van der Waals surface area contributed by atoms with Crippen LogP contribution in [0.3, 0.4) is 0 Å². The fourth-order valence-corrected chi connectivity index (χ4v) is 1.73. The fraction of sp³-hybridized carbons (Fsp3) is 0.0909. The van der Waals surface area contributed by atoms with Crippen molar-refractivity contribution in [3.8, 4) is 11.8 Å². The Hall–Kier alpha value is -2.06. The van der Waals surface area contributed by atoms with Crippen LogP contribution in [0.2, 0.25) is 5.02 Å². The molecule has 0 aliphatic carbocycles. The van der Waals surface area contributed by atoms with Gasteiger partial charge in [-0.05, 0) is 12.1 Å². The molecule has 17 heavy (non-hydrogen) atoms. The average molecular weight is 251 g/mol. The highest BCUT2D eigenvalue weighted by atomic mass is 35.5. The molecule has 86 valence electrons. The summed E-state index contributed by atoms with van der Waals surface area (Å²) in [6.45, 7) is 0. The maximum Gasteiger partial charge on any atom is 0.150 e. The molecule has 2 rings (SSSR count). The van der Waals surface area contributed by atoms with Gasteiger partial charge in [0, 0.05) is 5.56 Å². The highest BCUT2D eigenvalue weighted by molar-refractivity contribution is 6.32. The number of nitrogens with two attached hydrogens (primary N) is 1. The number of aromatic nitrogens is 2. The third kappa shape index (κ3) is 1.95. The first-order valence-corrected chi connectivity index (χ1v) is 5.16. The number of rotatable bonds is 2. The Bertz CT molecular complexity index is 580. The van der Waals surface area contributed by atoms with Crippen molar-refractivity contribution in [1.29, 1.82) is 5.26 Å². The monoisotopic (exact) mass is 250 g/mol.